The Kier molecular flexibility index (Phi) is 3.30. The van der Waals surface area contributed by atoms with Gasteiger partial charge in [0.1, 0.15) is 5.82 Å². The van der Waals surface area contributed by atoms with Gasteiger partial charge in [0.15, 0.2) is 0 Å². The van der Waals surface area contributed by atoms with Gasteiger partial charge in [-0.2, -0.15) is 0 Å². The van der Waals surface area contributed by atoms with E-state index < -0.39 is 0 Å². The first-order chi connectivity index (χ1) is 10.9. The van der Waals surface area contributed by atoms with Crippen LogP contribution in [0.2, 0.25) is 0 Å². The minimum Gasteiger partial charge on any atom is -0.339 e. The maximum Gasteiger partial charge on any atom is 0.138 e. The minimum atomic E-state index is 0.966. The number of allylic oxidation sites excluding steroid dienone is 4. The Balaban J connectivity index is 1.86. The number of hydrogen-bond acceptors (Lipinski definition) is 2. The highest BCUT2D eigenvalue weighted by molar-refractivity contribution is 6.06. The number of aromatic nitrogens is 1. The maximum absolute atomic E-state index is 4.55. The normalized spacial score (nSPS) is 15.4. The van der Waals surface area contributed by atoms with E-state index in [4.69, 9.17) is 0 Å². The van der Waals surface area contributed by atoms with Gasteiger partial charge in [0.2, 0.25) is 0 Å². The second-order valence-electron chi connectivity index (χ2n) is 6.05. The summed E-state index contributed by atoms with van der Waals surface area (Å²) < 4.78 is 0. The molecule has 2 aromatic rings. The number of unbranched alkanes of at least 4 members (excludes halogenated alkanes) is 1. The van der Waals surface area contributed by atoms with E-state index in [-0.39, 0.29) is 0 Å². The fraction of sp³-hybridized carbons (Fsp3) is 0.250. The molecule has 1 N–H and O–H groups in total. The zero-order valence-corrected chi connectivity index (χ0v) is 12.9. The maximum atomic E-state index is 4.55. The van der Waals surface area contributed by atoms with E-state index in [1.165, 1.54) is 41.5 Å². The van der Waals surface area contributed by atoms with Gasteiger partial charge in [-0.05, 0) is 48.6 Å². The van der Waals surface area contributed by atoms with Crippen LogP contribution in [0.15, 0.2) is 54.2 Å². The summed E-state index contributed by atoms with van der Waals surface area (Å²) in [6, 6.07) is 12.8. The van der Waals surface area contributed by atoms with E-state index in [2.05, 4.69) is 53.6 Å². The fourth-order valence-electron chi connectivity index (χ4n) is 3.41. The van der Waals surface area contributed by atoms with Crippen LogP contribution in [0.5, 0.6) is 0 Å². The van der Waals surface area contributed by atoms with Crippen LogP contribution in [0.4, 0.5) is 11.5 Å². The van der Waals surface area contributed by atoms with Crippen molar-refractivity contribution in [1.82, 2.24) is 4.98 Å². The van der Waals surface area contributed by atoms with Crippen molar-refractivity contribution in [2.45, 2.75) is 32.6 Å². The van der Waals surface area contributed by atoms with E-state index >= 15 is 0 Å². The van der Waals surface area contributed by atoms with Crippen molar-refractivity contribution in [3.63, 3.8) is 0 Å². The second-order valence-corrected chi connectivity index (χ2v) is 6.05. The first kappa shape index (κ1) is 13.3. The number of fused-ring (bicyclic) bond motifs is 4. The summed E-state index contributed by atoms with van der Waals surface area (Å²) in [5.74, 6) is 0.966. The molecule has 0 fully saturated rings. The fourth-order valence-corrected chi connectivity index (χ4v) is 3.41. The van der Waals surface area contributed by atoms with E-state index in [0.717, 1.165) is 17.9 Å². The predicted molar refractivity (Wildman–Crippen MR) is 93.0 cm³/mol. The van der Waals surface area contributed by atoms with Crippen LogP contribution in [0, 0.1) is 0 Å². The zero-order chi connectivity index (χ0) is 14.9. The van der Waals surface area contributed by atoms with Crippen LogP contribution in [0.1, 0.15) is 43.7 Å². The van der Waals surface area contributed by atoms with E-state index in [9.17, 15) is 0 Å². The molecular weight excluding hydrogens is 268 g/mol. The van der Waals surface area contributed by atoms with Gasteiger partial charge in [-0.3, -0.25) is 0 Å². The molecule has 0 radical (unpaired) electrons. The third-order valence-corrected chi connectivity index (χ3v) is 4.53. The molecule has 1 aromatic heterocycles. The lowest BCUT2D eigenvalue weighted by molar-refractivity contribution is 0.780. The molecule has 0 amide bonds. The van der Waals surface area contributed by atoms with Crippen LogP contribution in [-0.2, 0) is 0 Å². The highest BCUT2D eigenvalue weighted by Crippen LogP contribution is 2.46. The first-order valence-corrected chi connectivity index (χ1v) is 8.11. The van der Waals surface area contributed by atoms with Gasteiger partial charge in [0.25, 0.3) is 0 Å². The molecule has 1 aromatic carbocycles. The Morgan fingerprint density at radius 3 is 2.86 bits per heavy atom. The lowest BCUT2D eigenvalue weighted by Gasteiger charge is -2.11. The van der Waals surface area contributed by atoms with Crippen LogP contribution in [0.3, 0.4) is 0 Å². The average molecular weight is 288 g/mol. The molecule has 0 atom stereocenters. The molecular formula is C20H20N2. The summed E-state index contributed by atoms with van der Waals surface area (Å²) in [6.45, 7) is 2.26. The molecule has 2 nitrogen and oxygen atoms in total. The average Bonchev–Trinajstić information content (AvgIpc) is 2.92. The van der Waals surface area contributed by atoms with Gasteiger partial charge < -0.3 is 5.32 Å². The van der Waals surface area contributed by atoms with Crippen LogP contribution < -0.4 is 5.32 Å². The van der Waals surface area contributed by atoms with E-state index in [1.54, 1.807) is 5.57 Å². The second kappa shape index (κ2) is 5.45. The topological polar surface area (TPSA) is 24.9 Å². The molecule has 0 unspecified atom stereocenters. The van der Waals surface area contributed by atoms with Crippen molar-refractivity contribution in [1.29, 1.82) is 0 Å². The smallest absolute Gasteiger partial charge is 0.138 e. The lowest BCUT2D eigenvalue weighted by Crippen LogP contribution is -1.97. The van der Waals surface area contributed by atoms with Crippen molar-refractivity contribution in [3.05, 3.63) is 65.4 Å². The van der Waals surface area contributed by atoms with Crippen LogP contribution in [0.25, 0.3) is 11.1 Å². The molecule has 0 bridgehead atoms. The van der Waals surface area contributed by atoms with E-state index in [1.807, 2.05) is 12.3 Å². The van der Waals surface area contributed by atoms with Crippen molar-refractivity contribution in [2.24, 2.45) is 0 Å². The van der Waals surface area contributed by atoms with Crippen molar-refractivity contribution >= 4 is 22.7 Å². The Hall–Kier alpha value is -2.35. The Bertz CT molecular complexity index is 784. The predicted octanol–water partition coefficient (Wildman–Crippen LogP) is 5.57. The van der Waals surface area contributed by atoms with E-state index in [0.29, 0.717) is 0 Å². The number of benzene rings is 1. The quantitative estimate of drug-likeness (QED) is 0.798. The zero-order valence-electron chi connectivity index (χ0n) is 12.9. The highest BCUT2D eigenvalue weighted by atomic mass is 15.0. The summed E-state index contributed by atoms with van der Waals surface area (Å²) in [5, 5.41) is 3.51. The monoisotopic (exact) mass is 288 g/mol. The summed E-state index contributed by atoms with van der Waals surface area (Å²) in [4.78, 5) is 4.55. The molecule has 110 valence electrons. The number of para-hydroxylation sites is 1. The molecule has 2 heterocycles. The molecule has 0 spiro atoms. The van der Waals surface area contributed by atoms with Crippen LogP contribution >= 0.6 is 0 Å². The van der Waals surface area contributed by atoms with Crippen LogP contribution in [-0.4, -0.2) is 4.98 Å². The number of nitrogens with zero attached hydrogens (tertiary/aromatic N) is 1. The van der Waals surface area contributed by atoms with Crippen molar-refractivity contribution < 1.29 is 0 Å². The number of hydrogen-bond donors (Lipinski definition) is 1. The number of anilines is 2. The summed E-state index contributed by atoms with van der Waals surface area (Å²) in [6.07, 6.45) is 9.05. The molecule has 22 heavy (non-hydrogen) atoms. The number of nitrogens with one attached hydrogen (secondary N) is 1. The molecule has 2 heteroatoms. The lowest BCUT2D eigenvalue weighted by atomic mass is 9.96. The Morgan fingerprint density at radius 2 is 1.95 bits per heavy atom. The molecule has 1 aliphatic heterocycles. The number of pyridine rings is 1. The van der Waals surface area contributed by atoms with Gasteiger partial charge in [0, 0.05) is 23.0 Å². The van der Waals surface area contributed by atoms with Gasteiger partial charge >= 0.3 is 0 Å². The molecule has 2 aliphatic rings. The Labute approximate surface area is 131 Å². The standard InChI is InChI=1S/C20H20N2/c1-2-3-7-14-12-17-15-8-4-5-10-19(15)22-20-16(18(17)13-14)9-6-11-21-20/h4-6,8-11,13H,2-3,7,12H2,1H3,(H,21,22). The van der Waals surface area contributed by atoms with Crippen molar-refractivity contribution in [3.8, 4) is 0 Å². The summed E-state index contributed by atoms with van der Waals surface area (Å²) >= 11 is 0. The highest BCUT2D eigenvalue weighted by Gasteiger charge is 2.25. The summed E-state index contributed by atoms with van der Waals surface area (Å²) in [5.41, 5.74) is 8.06. The SMILES string of the molecule is CCCCC1=CC2=C(C1)c1ccccc1Nc1ncccc12. The third kappa shape index (κ3) is 2.16. The molecule has 0 saturated heterocycles. The van der Waals surface area contributed by atoms with Crippen molar-refractivity contribution in [2.75, 3.05) is 5.32 Å². The molecule has 0 saturated carbocycles. The molecule has 4 rings (SSSR count). The first-order valence-electron chi connectivity index (χ1n) is 8.11. The largest absolute Gasteiger partial charge is 0.339 e. The third-order valence-electron chi connectivity index (χ3n) is 4.53. The van der Waals surface area contributed by atoms with Gasteiger partial charge in [-0.1, -0.05) is 43.2 Å². The Morgan fingerprint density at radius 1 is 1.09 bits per heavy atom. The van der Waals surface area contributed by atoms with Gasteiger partial charge in [0.05, 0.1) is 0 Å². The molecule has 1 aliphatic carbocycles. The number of rotatable bonds is 3. The minimum absolute atomic E-state index is 0.966. The summed E-state index contributed by atoms with van der Waals surface area (Å²) in [7, 11) is 0. The van der Waals surface area contributed by atoms with Gasteiger partial charge in [-0.15, -0.1) is 0 Å². The van der Waals surface area contributed by atoms with Gasteiger partial charge in [-0.25, -0.2) is 4.98 Å².